The molecule has 0 spiro atoms. The number of benzene rings is 1. The quantitative estimate of drug-likeness (QED) is 0.524. The number of rotatable bonds is 8. The Kier molecular flexibility index (Phi) is 8.79. The fourth-order valence-electron chi connectivity index (χ4n) is 3.47. The van der Waals surface area contributed by atoms with Crippen LogP contribution in [0.25, 0.3) is 11.8 Å². The number of morpholine rings is 1. The Morgan fingerprint density at radius 3 is 2.79 bits per heavy atom. The number of carbonyl (C=O) groups is 1. The maximum absolute atomic E-state index is 12.8. The summed E-state index contributed by atoms with van der Waals surface area (Å²) in [4.78, 5) is 27.5. The van der Waals surface area contributed by atoms with E-state index in [0.717, 1.165) is 56.3 Å². The number of amides is 1. The SMILES string of the molecule is CCn1c(=C(C#N)C(=O)NCC#N)sc(=CNc2cccc(CCN3CCOCC3)c2)c1=O. The van der Waals surface area contributed by atoms with Gasteiger partial charge < -0.3 is 15.4 Å². The predicted octanol–water partition coefficient (Wildman–Crippen LogP) is -0.0314. The van der Waals surface area contributed by atoms with Crippen LogP contribution in [-0.4, -0.2) is 54.8 Å². The van der Waals surface area contributed by atoms with Gasteiger partial charge >= 0.3 is 0 Å². The lowest BCUT2D eigenvalue weighted by Gasteiger charge is -2.26. The minimum absolute atomic E-state index is 0.182. The Bertz CT molecular complexity index is 1240. The molecule has 2 N–H and O–H groups in total. The summed E-state index contributed by atoms with van der Waals surface area (Å²) in [7, 11) is 0. The van der Waals surface area contributed by atoms with Crippen molar-refractivity contribution in [2.75, 3.05) is 44.7 Å². The van der Waals surface area contributed by atoms with E-state index in [0.29, 0.717) is 11.1 Å². The minimum Gasteiger partial charge on any atom is -0.379 e. The largest absolute Gasteiger partial charge is 0.379 e. The molecule has 0 saturated carbocycles. The molecule has 1 amide bonds. The minimum atomic E-state index is -0.671. The van der Waals surface area contributed by atoms with Gasteiger partial charge in [0, 0.05) is 38.1 Å². The van der Waals surface area contributed by atoms with Crippen LogP contribution in [0.1, 0.15) is 12.5 Å². The van der Waals surface area contributed by atoms with Gasteiger partial charge in [0.1, 0.15) is 21.8 Å². The van der Waals surface area contributed by atoms with E-state index < -0.39 is 5.91 Å². The highest BCUT2D eigenvalue weighted by molar-refractivity contribution is 7.07. The number of carbonyl (C=O) groups excluding carboxylic acids is 1. The van der Waals surface area contributed by atoms with Crippen molar-refractivity contribution in [3.05, 3.63) is 49.4 Å². The zero-order valence-corrected chi connectivity index (χ0v) is 19.3. The van der Waals surface area contributed by atoms with Crippen LogP contribution in [0, 0.1) is 22.7 Å². The Hall–Kier alpha value is -3.44. The Balaban J connectivity index is 1.82. The van der Waals surface area contributed by atoms with E-state index in [9.17, 15) is 14.9 Å². The molecule has 33 heavy (non-hydrogen) atoms. The number of hydrogen-bond acceptors (Lipinski definition) is 8. The summed E-state index contributed by atoms with van der Waals surface area (Å²) < 4.78 is 7.43. The molecule has 1 aromatic carbocycles. The van der Waals surface area contributed by atoms with E-state index in [1.807, 2.05) is 24.3 Å². The number of ether oxygens (including phenoxy) is 1. The van der Waals surface area contributed by atoms with E-state index in [2.05, 4.69) is 21.6 Å². The molecular formula is C23H26N6O3S. The monoisotopic (exact) mass is 466 g/mol. The van der Waals surface area contributed by atoms with Gasteiger partial charge in [-0.05, 0) is 31.0 Å². The van der Waals surface area contributed by atoms with Crippen molar-refractivity contribution in [1.82, 2.24) is 14.8 Å². The molecule has 1 aromatic heterocycles. The third-order valence-corrected chi connectivity index (χ3v) is 6.35. The van der Waals surface area contributed by atoms with Crippen molar-refractivity contribution in [2.24, 2.45) is 0 Å². The summed E-state index contributed by atoms with van der Waals surface area (Å²) in [5.41, 5.74) is 1.57. The number of nitrogens with one attached hydrogen (secondary N) is 2. The molecule has 9 nitrogen and oxygen atoms in total. The lowest BCUT2D eigenvalue weighted by atomic mass is 10.1. The Morgan fingerprint density at radius 2 is 2.09 bits per heavy atom. The molecule has 0 bridgehead atoms. The van der Waals surface area contributed by atoms with E-state index in [1.54, 1.807) is 19.2 Å². The second-order valence-corrected chi connectivity index (χ2v) is 8.37. The van der Waals surface area contributed by atoms with Gasteiger partial charge in [-0.3, -0.25) is 19.1 Å². The third-order valence-electron chi connectivity index (χ3n) is 5.22. The molecule has 1 aliphatic heterocycles. The number of nitrogens with zero attached hydrogens (tertiary/aromatic N) is 4. The van der Waals surface area contributed by atoms with Crippen molar-refractivity contribution >= 4 is 34.7 Å². The number of anilines is 1. The second kappa shape index (κ2) is 12.0. The highest BCUT2D eigenvalue weighted by atomic mass is 32.1. The van der Waals surface area contributed by atoms with Gasteiger partial charge in [0.05, 0.1) is 19.3 Å². The fraction of sp³-hybridized carbons (Fsp3) is 0.391. The molecule has 1 aliphatic rings. The van der Waals surface area contributed by atoms with Crippen LogP contribution in [-0.2, 0) is 22.5 Å². The van der Waals surface area contributed by atoms with Crippen molar-refractivity contribution in [1.29, 1.82) is 10.5 Å². The van der Waals surface area contributed by atoms with Crippen LogP contribution in [0.15, 0.2) is 29.1 Å². The fourth-order valence-corrected chi connectivity index (χ4v) is 4.56. The van der Waals surface area contributed by atoms with Gasteiger partial charge in [-0.25, -0.2) is 0 Å². The molecule has 0 aliphatic carbocycles. The average Bonchev–Trinajstić information content (AvgIpc) is 3.16. The topological polar surface area (TPSA) is 123 Å². The van der Waals surface area contributed by atoms with Gasteiger partial charge in [-0.15, -0.1) is 11.3 Å². The first-order chi connectivity index (χ1) is 16.1. The van der Waals surface area contributed by atoms with Gasteiger partial charge in [-0.1, -0.05) is 12.1 Å². The predicted molar refractivity (Wildman–Crippen MR) is 127 cm³/mol. The summed E-state index contributed by atoms with van der Waals surface area (Å²) in [6.07, 6.45) is 2.52. The smallest absolute Gasteiger partial charge is 0.270 e. The molecule has 1 saturated heterocycles. The second-order valence-electron chi connectivity index (χ2n) is 7.34. The van der Waals surface area contributed by atoms with E-state index >= 15 is 0 Å². The van der Waals surface area contributed by atoms with Crippen LogP contribution < -0.4 is 25.4 Å². The van der Waals surface area contributed by atoms with Gasteiger partial charge in [0.2, 0.25) is 0 Å². The molecule has 0 radical (unpaired) electrons. The summed E-state index contributed by atoms with van der Waals surface area (Å²) in [5.74, 6) is -0.671. The molecule has 2 aromatic rings. The lowest BCUT2D eigenvalue weighted by molar-refractivity contribution is -0.115. The Labute approximate surface area is 195 Å². The van der Waals surface area contributed by atoms with Gasteiger partial charge in [0.25, 0.3) is 11.5 Å². The summed E-state index contributed by atoms with van der Waals surface area (Å²) in [6.45, 7) is 6.29. The lowest BCUT2D eigenvalue weighted by Crippen LogP contribution is -2.37. The normalized spacial score (nSPS) is 15.4. The first kappa shape index (κ1) is 24.2. The van der Waals surface area contributed by atoms with E-state index in [-0.39, 0.29) is 22.3 Å². The zero-order valence-electron chi connectivity index (χ0n) is 18.5. The Morgan fingerprint density at radius 1 is 1.30 bits per heavy atom. The van der Waals surface area contributed by atoms with Crippen molar-refractivity contribution in [3.8, 4) is 12.1 Å². The average molecular weight is 467 g/mol. The van der Waals surface area contributed by atoms with Gasteiger partial charge in [0.15, 0.2) is 5.57 Å². The summed E-state index contributed by atoms with van der Waals surface area (Å²) in [6, 6.07) is 11.7. The van der Waals surface area contributed by atoms with Crippen LogP contribution in [0.4, 0.5) is 5.69 Å². The van der Waals surface area contributed by atoms with Crippen LogP contribution in [0.2, 0.25) is 0 Å². The maximum Gasteiger partial charge on any atom is 0.270 e. The van der Waals surface area contributed by atoms with E-state index in [4.69, 9.17) is 10.00 Å². The summed E-state index contributed by atoms with van der Waals surface area (Å²) >= 11 is 1.07. The molecule has 10 heteroatoms. The maximum atomic E-state index is 12.8. The highest BCUT2D eigenvalue weighted by Crippen LogP contribution is 2.12. The van der Waals surface area contributed by atoms with Crippen LogP contribution in [0.3, 0.4) is 0 Å². The van der Waals surface area contributed by atoms with Crippen molar-refractivity contribution in [2.45, 2.75) is 19.9 Å². The van der Waals surface area contributed by atoms with Crippen LogP contribution >= 0.6 is 11.3 Å². The molecule has 0 unspecified atom stereocenters. The van der Waals surface area contributed by atoms with Crippen molar-refractivity contribution < 1.29 is 9.53 Å². The summed E-state index contributed by atoms with van der Waals surface area (Å²) in [5, 5.41) is 23.7. The van der Waals surface area contributed by atoms with E-state index in [1.165, 1.54) is 10.1 Å². The molecule has 3 rings (SSSR count). The van der Waals surface area contributed by atoms with Crippen LogP contribution in [0.5, 0.6) is 0 Å². The van der Waals surface area contributed by atoms with Crippen molar-refractivity contribution in [3.63, 3.8) is 0 Å². The molecule has 172 valence electrons. The van der Waals surface area contributed by atoms with Gasteiger partial charge in [-0.2, -0.15) is 10.5 Å². The number of nitriles is 2. The number of thiazole rings is 1. The first-order valence-corrected chi connectivity index (χ1v) is 11.5. The highest BCUT2D eigenvalue weighted by Gasteiger charge is 2.15. The number of hydrogen-bond donors (Lipinski definition) is 2. The first-order valence-electron chi connectivity index (χ1n) is 10.7. The number of aromatic nitrogens is 1. The molecular weight excluding hydrogens is 440 g/mol. The molecule has 0 atom stereocenters. The third kappa shape index (κ3) is 6.30. The molecule has 2 heterocycles. The standard InChI is InChI=1S/C23H26N6O3S/c1-2-29-22(31)20(33-23(29)19(15-25)21(30)26-8-7-24)16-27-18-5-3-4-17(14-18)6-9-28-10-12-32-13-11-28/h3-5,14,16,27H,2,6,8-13H2,1H3,(H,26,30). The molecule has 1 fully saturated rings. The zero-order chi connectivity index (χ0) is 23.6.